The normalized spacial score (nSPS) is 16.6. The molecule has 3 aromatic carbocycles. The van der Waals surface area contributed by atoms with Gasteiger partial charge in [0.05, 0.1) is 18.2 Å². The number of aliphatic hydroxyl groups excluding tert-OH is 1. The van der Waals surface area contributed by atoms with Crippen LogP contribution in [0.4, 0.5) is 0 Å². The lowest BCUT2D eigenvalue weighted by atomic mass is 9.95. The number of likely N-dealkylation sites (tertiary alicyclic amines) is 1. The molecule has 0 radical (unpaired) electrons. The van der Waals surface area contributed by atoms with Crippen molar-refractivity contribution in [1.82, 2.24) is 9.80 Å². The molecule has 0 aromatic heterocycles. The maximum atomic E-state index is 13.3. The SMILES string of the molecule is CCOc1cc(C2C(=C(O)c3ccc(OCc4cccc(C)c4)cc3)C(=O)C(=O)N2CCN(C)C)ccc1O. The molecular formula is C31H34N2O6. The van der Waals surface area contributed by atoms with Crippen LogP contribution in [0.5, 0.6) is 17.2 Å². The molecule has 204 valence electrons. The van der Waals surface area contributed by atoms with Crippen molar-refractivity contribution in [3.63, 3.8) is 0 Å². The molecule has 1 unspecified atom stereocenters. The third kappa shape index (κ3) is 6.23. The molecule has 8 heteroatoms. The molecule has 1 aliphatic rings. The van der Waals surface area contributed by atoms with Crippen LogP contribution in [0, 0.1) is 6.92 Å². The maximum absolute atomic E-state index is 13.3. The number of rotatable bonds is 10. The second-order valence-corrected chi connectivity index (χ2v) is 9.76. The summed E-state index contributed by atoms with van der Waals surface area (Å²) in [5, 5.41) is 21.6. The summed E-state index contributed by atoms with van der Waals surface area (Å²) in [6, 6.07) is 18.7. The summed E-state index contributed by atoms with van der Waals surface area (Å²) in [4.78, 5) is 29.8. The number of phenols is 1. The topological polar surface area (TPSA) is 99.5 Å². The van der Waals surface area contributed by atoms with Gasteiger partial charge in [-0.05, 0) is 75.5 Å². The van der Waals surface area contributed by atoms with Gasteiger partial charge in [0.1, 0.15) is 18.1 Å². The summed E-state index contributed by atoms with van der Waals surface area (Å²) in [7, 11) is 3.75. The van der Waals surface area contributed by atoms with Gasteiger partial charge in [0.25, 0.3) is 11.7 Å². The molecule has 2 N–H and O–H groups in total. The fourth-order valence-corrected chi connectivity index (χ4v) is 4.57. The quantitative estimate of drug-likeness (QED) is 0.223. The number of amides is 1. The van der Waals surface area contributed by atoms with Crippen LogP contribution in [0.15, 0.2) is 72.3 Å². The summed E-state index contributed by atoms with van der Waals surface area (Å²) >= 11 is 0. The smallest absolute Gasteiger partial charge is 0.295 e. The number of hydrogen-bond donors (Lipinski definition) is 2. The zero-order valence-corrected chi connectivity index (χ0v) is 22.7. The zero-order valence-electron chi connectivity index (χ0n) is 22.7. The van der Waals surface area contributed by atoms with Gasteiger partial charge in [-0.3, -0.25) is 9.59 Å². The van der Waals surface area contributed by atoms with E-state index in [9.17, 15) is 19.8 Å². The summed E-state index contributed by atoms with van der Waals surface area (Å²) < 4.78 is 11.4. The number of aryl methyl sites for hydroxylation is 1. The van der Waals surface area contributed by atoms with E-state index in [2.05, 4.69) is 6.07 Å². The Morgan fingerprint density at radius 1 is 1.00 bits per heavy atom. The van der Waals surface area contributed by atoms with Gasteiger partial charge in [-0.1, -0.05) is 35.9 Å². The predicted octanol–water partition coefficient (Wildman–Crippen LogP) is 4.66. The molecule has 3 aromatic rings. The Bertz CT molecular complexity index is 1380. The van der Waals surface area contributed by atoms with Crippen LogP contribution in [0.1, 0.15) is 35.2 Å². The van der Waals surface area contributed by atoms with Gasteiger partial charge in [-0.15, -0.1) is 0 Å². The lowest BCUT2D eigenvalue weighted by Gasteiger charge is -2.27. The first-order valence-electron chi connectivity index (χ1n) is 12.9. The molecule has 4 rings (SSSR count). The van der Waals surface area contributed by atoms with E-state index in [1.807, 2.05) is 44.1 Å². The van der Waals surface area contributed by atoms with Gasteiger partial charge in [0, 0.05) is 18.7 Å². The third-order valence-electron chi connectivity index (χ3n) is 6.54. The Labute approximate surface area is 228 Å². The summed E-state index contributed by atoms with van der Waals surface area (Å²) in [5.74, 6) is -0.928. The van der Waals surface area contributed by atoms with Crippen molar-refractivity contribution in [2.45, 2.75) is 26.5 Å². The fraction of sp³-hybridized carbons (Fsp3) is 0.290. The van der Waals surface area contributed by atoms with Crippen molar-refractivity contribution in [2.24, 2.45) is 0 Å². The monoisotopic (exact) mass is 530 g/mol. The Hall–Kier alpha value is -4.30. The number of likely N-dealkylation sites (N-methyl/N-ethyl adjacent to an activating group) is 1. The fourth-order valence-electron chi connectivity index (χ4n) is 4.57. The Balaban J connectivity index is 1.68. The minimum Gasteiger partial charge on any atom is -0.507 e. The predicted molar refractivity (Wildman–Crippen MR) is 149 cm³/mol. The van der Waals surface area contributed by atoms with E-state index in [1.54, 1.807) is 43.3 Å². The molecule has 1 saturated heterocycles. The highest BCUT2D eigenvalue weighted by atomic mass is 16.5. The molecular weight excluding hydrogens is 496 g/mol. The number of carbonyl (C=O) groups excluding carboxylic acids is 2. The minimum atomic E-state index is -0.845. The number of ether oxygens (including phenoxy) is 2. The standard InChI is InChI=1S/C31H34N2O6/c1-5-38-26-18-23(11-14-25(26)34)28-27(30(36)31(37)33(28)16-15-32(3)4)29(35)22-9-12-24(13-10-22)39-19-21-8-6-7-20(2)17-21/h6-14,17-18,28,34-35H,5,15-16,19H2,1-4H3. The first-order chi connectivity index (χ1) is 18.7. The van der Waals surface area contributed by atoms with Crippen LogP contribution < -0.4 is 9.47 Å². The van der Waals surface area contributed by atoms with Crippen LogP contribution in [-0.4, -0.2) is 65.5 Å². The van der Waals surface area contributed by atoms with Crippen LogP contribution in [-0.2, 0) is 16.2 Å². The number of Topliss-reactive ketones (excluding diaryl/α,β-unsaturated/α-hetero) is 1. The van der Waals surface area contributed by atoms with E-state index >= 15 is 0 Å². The van der Waals surface area contributed by atoms with E-state index in [0.717, 1.165) is 11.1 Å². The largest absolute Gasteiger partial charge is 0.507 e. The molecule has 39 heavy (non-hydrogen) atoms. The average Bonchev–Trinajstić information content (AvgIpc) is 3.17. The Kier molecular flexibility index (Phi) is 8.56. The summed E-state index contributed by atoms with van der Waals surface area (Å²) in [6.45, 7) is 5.34. The van der Waals surface area contributed by atoms with Crippen molar-refractivity contribution < 1.29 is 29.3 Å². The molecule has 0 bridgehead atoms. The third-order valence-corrected chi connectivity index (χ3v) is 6.54. The number of carbonyl (C=O) groups is 2. The van der Waals surface area contributed by atoms with Crippen LogP contribution >= 0.6 is 0 Å². The van der Waals surface area contributed by atoms with E-state index in [1.165, 1.54) is 11.0 Å². The first kappa shape index (κ1) is 27.7. The van der Waals surface area contributed by atoms with Crippen molar-refractivity contribution >= 4 is 17.4 Å². The Morgan fingerprint density at radius 2 is 1.74 bits per heavy atom. The van der Waals surface area contributed by atoms with Crippen molar-refractivity contribution in [3.05, 3.63) is 94.6 Å². The number of ketones is 1. The second-order valence-electron chi connectivity index (χ2n) is 9.76. The molecule has 1 aliphatic heterocycles. The van der Waals surface area contributed by atoms with Gasteiger partial charge >= 0.3 is 0 Å². The zero-order chi connectivity index (χ0) is 28.1. The molecule has 8 nitrogen and oxygen atoms in total. The van der Waals surface area contributed by atoms with Gasteiger partial charge in [-0.2, -0.15) is 0 Å². The highest BCUT2D eigenvalue weighted by Gasteiger charge is 2.46. The van der Waals surface area contributed by atoms with E-state index < -0.39 is 17.7 Å². The van der Waals surface area contributed by atoms with Gasteiger partial charge < -0.3 is 29.5 Å². The number of benzene rings is 3. The van der Waals surface area contributed by atoms with Gasteiger partial charge in [-0.25, -0.2) is 0 Å². The minimum absolute atomic E-state index is 0.0136. The first-order valence-corrected chi connectivity index (χ1v) is 12.9. The summed E-state index contributed by atoms with van der Waals surface area (Å²) in [6.07, 6.45) is 0. The maximum Gasteiger partial charge on any atom is 0.295 e. The molecule has 1 heterocycles. The molecule has 1 atom stereocenters. The lowest BCUT2D eigenvalue weighted by Crippen LogP contribution is -2.35. The molecule has 1 fully saturated rings. The highest BCUT2D eigenvalue weighted by Crippen LogP contribution is 2.41. The average molecular weight is 531 g/mol. The van der Waals surface area contributed by atoms with Crippen molar-refractivity contribution in [3.8, 4) is 17.2 Å². The summed E-state index contributed by atoms with van der Waals surface area (Å²) in [5.41, 5.74) is 3.11. The van der Waals surface area contributed by atoms with Gasteiger partial charge in [0.15, 0.2) is 11.5 Å². The number of hydrogen-bond acceptors (Lipinski definition) is 7. The number of nitrogens with zero attached hydrogens (tertiary/aromatic N) is 2. The van der Waals surface area contributed by atoms with Gasteiger partial charge in [0.2, 0.25) is 0 Å². The molecule has 1 amide bonds. The van der Waals surface area contributed by atoms with E-state index in [4.69, 9.17) is 9.47 Å². The van der Waals surface area contributed by atoms with Crippen LogP contribution in [0.25, 0.3) is 5.76 Å². The van der Waals surface area contributed by atoms with Crippen LogP contribution in [0.2, 0.25) is 0 Å². The number of phenolic OH excluding ortho intramolecular Hbond substituents is 1. The molecule has 0 aliphatic carbocycles. The van der Waals surface area contributed by atoms with Crippen LogP contribution in [0.3, 0.4) is 0 Å². The molecule has 0 saturated carbocycles. The number of aliphatic hydroxyl groups is 1. The highest BCUT2D eigenvalue weighted by molar-refractivity contribution is 6.46. The van der Waals surface area contributed by atoms with E-state index in [0.29, 0.717) is 36.6 Å². The Morgan fingerprint density at radius 3 is 2.41 bits per heavy atom. The van der Waals surface area contributed by atoms with E-state index in [-0.39, 0.29) is 29.4 Å². The van der Waals surface area contributed by atoms with Crippen molar-refractivity contribution in [1.29, 1.82) is 0 Å². The number of aromatic hydroxyl groups is 1. The van der Waals surface area contributed by atoms with Crippen molar-refractivity contribution in [2.75, 3.05) is 33.8 Å². The molecule has 0 spiro atoms. The second kappa shape index (κ2) is 12.0. The lowest BCUT2D eigenvalue weighted by molar-refractivity contribution is -0.140.